The summed E-state index contributed by atoms with van der Waals surface area (Å²) in [5.41, 5.74) is 0. The Morgan fingerprint density at radius 1 is 1.23 bits per heavy atom. The minimum Gasteiger partial charge on any atom is -0.212 e. The third kappa shape index (κ3) is 6.22. The van der Waals surface area contributed by atoms with Crippen LogP contribution in [0.5, 0.6) is 0 Å². The molecule has 1 N–H and O–H groups in total. The average Bonchev–Trinajstić information content (AvgIpc) is 1.82. The van der Waals surface area contributed by atoms with E-state index in [0.717, 1.165) is 4.31 Å². The lowest BCUT2D eigenvalue weighted by Crippen LogP contribution is -2.37. The van der Waals surface area contributed by atoms with Crippen molar-refractivity contribution in [3.63, 3.8) is 0 Å². The van der Waals surface area contributed by atoms with E-state index in [1.54, 1.807) is 0 Å². The smallest absolute Gasteiger partial charge is 0.212 e. The van der Waals surface area contributed by atoms with E-state index in [1.807, 2.05) is 4.72 Å². The molecule has 80 valence electrons. The summed E-state index contributed by atoms with van der Waals surface area (Å²) in [6.07, 6.45) is 0. The predicted molar refractivity (Wildman–Crippen MR) is 50.2 cm³/mol. The Balaban J connectivity index is 4.07. The van der Waals surface area contributed by atoms with Gasteiger partial charge in [-0.2, -0.15) is 12.7 Å². The molecule has 0 unspecified atom stereocenters. The van der Waals surface area contributed by atoms with E-state index in [2.05, 4.69) is 0 Å². The number of rotatable bonds is 5. The normalized spacial score (nSPS) is 13.5. The van der Waals surface area contributed by atoms with Crippen LogP contribution < -0.4 is 4.72 Å². The summed E-state index contributed by atoms with van der Waals surface area (Å²) in [5.74, 6) is -0.429. The molecular formula is C4H11ClN2O4S2. The maximum Gasteiger partial charge on any atom is 0.278 e. The molecule has 0 bridgehead atoms. The largest absolute Gasteiger partial charge is 0.278 e. The first-order valence-electron chi connectivity index (χ1n) is 3.24. The van der Waals surface area contributed by atoms with Crippen LogP contribution >= 0.6 is 10.7 Å². The summed E-state index contributed by atoms with van der Waals surface area (Å²) in [6.45, 7) is -0.230. The molecule has 0 aromatic heterocycles. The molecule has 0 saturated heterocycles. The number of nitrogens with one attached hydrogen (secondary N) is 1. The van der Waals surface area contributed by atoms with Gasteiger partial charge >= 0.3 is 0 Å². The summed E-state index contributed by atoms with van der Waals surface area (Å²) in [7, 11) is 0.321. The average molecular weight is 251 g/mol. The molecule has 0 spiro atoms. The number of nitrogens with zero attached hydrogens (tertiary/aromatic N) is 1. The van der Waals surface area contributed by atoms with Crippen molar-refractivity contribution in [1.29, 1.82) is 0 Å². The number of halogens is 1. The molecule has 0 aliphatic rings. The minimum absolute atomic E-state index is 0.230. The highest BCUT2D eigenvalue weighted by atomic mass is 35.7. The molecule has 0 amide bonds. The van der Waals surface area contributed by atoms with E-state index in [-0.39, 0.29) is 6.54 Å². The van der Waals surface area contributed by atoms with Crippen LogP contribution in [0.2, 0.25) is 0 Å². The number of hydrogen-bond donors (Lipinski definition) is 1. The van der Waals surface area contributed by atoms with Gasteiger partial charge in [0.15, 0.2) is 0 Å². The lowest BCUT2D eigenvalue weighted by atomic mass is 10.8. The highest BCUT2D eigenvalue weighted by Gasteiger charge is 2.13. The standard InChI is InChI=1S/C4H11ClN2O4S2/c1-7(2)13(10,11)6-3-4-12(5,8)9/h6H,3-4H2,1-2H3. The van der Waals surface area contributed by atoms with Crippen molar-refractivity contribution in [2.75, 3.05) is 26.4 Å². The fourth-order valence-corrected chi connectivity index (χ4v) is 1.75. The van der Waals surface area contributed by atoms with Crippen molar-refractivity contribution in [1.82, 2.24) is 9.03 Å². The van der Waals surface area contributed by atoms with Crippen LogP contribution in [0.25, 0.3) is 0 Å². The van der Waals surface area contributed by atoms with E-state index in [9.17, 15) is 16.8 Å². The molecule has 9 heteroatoms. The second kappa shape index (κ2) is 4.56. The van der Waals surface area contributed by atoms with E-state index >= 15 is 0 Å². The maximum atomic E-state index is 11.0. The third-order valence-corrected chi connectivity index (χ3v) is 3.80. The molecule has 0 aliphatic carbocycles. The van der Waals surface area contributed by atoms with Crippen molar-refractivity contribution in [2.45, 2.75) is 0 Å². The molecule has 6 nitrogen and oxygen atoms in total. The fraction of sp³-hybridized carbons (Fsp3) is 1.00. The summed E-state index contributed by atoms with van der Waals surface area (Å²) in [4.78, 5) is 0. The van der Waals surface area contributed by atoms with Gasteiger partial charge in [-0.25, -0.2) is 13.1 Å². The Morgan fingerprint density at radius 3 is 2.00 bits per heavy atom. The SMILES string of the molecule is CN(C)S(=O)(=O)NCCS(=O)(=O)Cl. The van der Waals surface area contributed by atoms with Gasteiger partial charge in [-0.1, -0.05) is 0 Å². The van der Waals surface area contributed by atoms with Gasteiger partial charge in [-0.3, -0.25) is 0 Å². The molecule has 0 heterocycles. The van der Waals surface area contributed by atoms with Crippen molar-refractivity contribution >= 4 is 29.9 Å². The first-order valence-corrected chi connectivity index (χ1v) is 7.16. The minimum atomic E-state index is -3.65. The van der Waals surface area contributed by atoms with Gasteiger partial charge in [0.2, 0.25) is 9.05 Å². The Labute approximate surface area is 82.5 Å². The van der Waals surface area contributed by atoms with E-state index in [0.29, 0.717) is 0 Å². The molecule has 0 aromatic carbocycles. The summed E-state index contributed by atoms with van der Waals surface area (Å²) in [5, 5.41) is 0. The lowest BCUT2D eigenvalue weighted by molar-refractivity contribution is 0.507. The Morgan fingerprint density at radius 2 is 1.69 bits per heavy atom. The molecule has 0 atom stereocenters. The molecule has 0 aromatic rings. The first kappa shape index (κ1) is 13.1. The zero-order valence-electron chi connectivity index (χ0n) is 7.19. The topological polar surface area (TPSA) is 83.6 Å². The molecule has 13 heavy (non-hydrogen) atoms. The van der Waals surface area contributed by atoms with Gasteiger partial charge in [0, 0.05) is 31.3 Å². The van der Waals surface area contributed by atoms with Crippen LogP contribution in [-0.2, 0) is 19.3 Å². The highest BCUT2D eigenvalue weighted by molar-refractivity contribution is 8.13. The van der Waals surface area contributed by atoms with E-state index in [4.69, 9.17) is 10.7 Å². The van der Waals surface area contributed by atoms with Gasteiger partial charge in [0.25, 0.3) is 10.2 Å². The fourth-order valence-electron chi connectivity index (χ4n) is 0.422. The van der Waals surface area contributed by atoms with Crippen LogP contribution in [0, 0.1) is 0 Å². The van der Waals surface area contributed by atoms with Gasteiger partial charge in [0.1, 0.15) is 0 Å². The highest BCUT2D eigenvalue weighted by Crippen LogP contribution is 1.95. The van der Waals surface area contributed by atoms with Crippen LogP contribution in [0.3, 0.4) is 0 Å². The maximum absolute atomic E-state index is 11.0. The van der Waals surface area contributed by atoms with Crippen molar-refractivity contribution in [2.24, 2.45) is 0 Å². The second-order valence-corrected chi connectivity index (χ2v) is 7.29. The molecule has 0 radical (unpaired) electrons. The van der Waals surface area contributed by atoms with Crippen LogP contribution in [0.4, 0.5) is 0 Å². The van der Waals surface area contributed by atoms with Gasteiger partial charge in [-0.15, -0.1) is 0 Å². The monoisotopic (exact) mass is 250 g/mol. The van der Waals surface area contributed by atoms with Gasteiger partial charge in [0.05, 0.1) is 5.75 Å². The quantitative estimate of drug-likeness (QED) is 0.632. The van der Waals surface area contributed by atoms with Crippen molar-refractivity contribution in [3.8, 4) is 0 Å². The zero-order chi connectivity index (χ0) is 10.7. The lowest BCUT2D eigenvalue weighted by Gasteiger charge is -2.11. The summed E-state index contributed by atoms with van der Waals surface area (Å²) >= 11 is 0. The van der Waals surface area contributed by atoms with Crippen LogP contribution in [0.15, 0.2) is 0 Å². The Kier molecular flexibility index (Phi) is 4.60. The summed E-state index contributed by atoms with van der Waals surface area (Å²) in [6, 6.07) is 0. The molecule has 0 aliphatic heterocycles. The summed E-state index contributed by atoms with van der Waals surface area (Å²) < 4.78 is 45.8. The number of hydrogen-bond acceptors (Lipinski definition) is 4. The molecule has 0 saturated carbocycles. The molecular weight excluding hydrogens is 240 g/mol. The molecule has 0 fully saturated rings. The van der Waals surface area contributed by atoms with E-state index < -0.39 is 25.0 Å². The van der Waals surface area contributed by atoms with E-state index in [1.165, 1.54) is 14.1 Å². The Bertz CT molecular complexity index is 346. The first-order chi connectivity index (χ1) is 5.65. The van der Waals surface area contributed by atoms with Crippen molar-refractivity contribution in [3.05, 3.63) is 0 Å². The Hall–Kier alpha value is 0.110. The van der Waals surface area contributed by atoms with Gasteiger partial charge in [-0.05, 0) is 0 Å². The third-order valence-electron chi connectivity index (χ3n) is 1.11. The van der Waals surface area contributed by atoms with Crippen molar-refractivity contribution < 1.29 is 16.8 Å². The van der Waals surface area contributed by atoms with Gasteiger partial charge < -0.3 is 0 Å². The predicted octanol–water partition coefficient (Wildman–Crippen LogP) is -1.05. The van der Waals surface area contributed by atoms with Crippen LogP contribution in [-0.4, -0.2) is 47.5 Å². The molecule has 0 rings (SSSR count). The zero-order valence-corrected chi connectivity index (χ0v) is 9.58. The second-order valence-electron chi connectivity index (χ2n) is 2.42. The van der Waals surface area contributed by atoms with Crippen LogP contribution in [0.1, 0.15) is 0 Å².